The van der Waals surface area contributed by atoms with E-state index in [-0.39, 0.29) is 0 Å². The summed E-state index contributed by atoms with van der Waals surface area (Å²) in [7, 11) is 0. The van der Waals surface area contributed by atoms with Gasteiger partial charge in [0.05, 0.1) is 6.04 Å². The molecule has 1 saturated heterocycles. The van der Waals surface area contributed by atoms with E-state index in [0.717, 1.165) is 12.5 Å². The Morgan fingerprint density at radius 2 is 2.17 bits per heavy atom. The fraction of sp³-hybridized carbons (Fsp3) is 0.800. The summed E-state index contributed by atoms with van der Waals surface area (Å²) in [6, 6.07) is 0.575. The van der Waals surface area contributed by atoms with Crippen molar-refractivity contribution in [1.29, 1.82) is 0 Å². The zero-order valence-corrected chi connectivity index (χ0v) is 11.7. The molecule has 3 nitrogen and oxygen atoms in total. The number of likely N-dealkylation sites (tertiary alicyclic amines) is 1. The Labute approximate surface area is 110 Å². The zero-order valence-electron chi connectivity index (χ0n) is 11.7. The van der Waals surface area contributed by atoms with Crippen molar-refractivity contribution in [3.8, 4) is 0 Å². The molecule has 0 amide bonds. The Hall–Kier alpha value is -0.830. The van der Waals surface area contributed by atoms with E-state index in [0.29, 0.717) is 6.04 Å². The van der Waals surface area contributed by atoms with Gasteiger partial charge in [0, 0.05) is 18.4 Å². The van der Waals surface area contributed by atoms with Crippen molar-refractivity contribution in [2.75, 3.05) is 13.1 Å². The van der Waals surface area contributed by atoms with Gasteiger partial charge in [0.15, 0.2) is 0 Å². The summed E-state index contributed by atoms with van der Waals surface area (Å²) in [4.78, 5) is 7.38. The quantitative estimate of drug-likeness (QED) is 0.801. The SMILES string of the molecule is CCN1CCCCC1c1ncc2n1CCC(C)C2. The van der Waals surface area contributed by atoms with Gasteiger partial charge in [0.2, 0.25) is 0 Å². The molecular weight excluding hydrogens is 222 g/mol. The van der Waals surface area contributed by atoms with Crippen LogP contribution >= 0.6 is 0 Å². The number of hydrogen-bond donors (Lipinski definition) is 0. The molecule has 2 aliphatic heterocycles. The average Bonchev–Trinajstić information content (AvgIpc) is 2.81. The summed E-state index contributed by atoms with van der Waals surface area (Å²) in [5.41, 5.74) is 1.46. The molecule has 0 bridgehead atoms. The van der Waals surface area contributed by atoms with Crippen LogP contribution in [0.3, 0.4) is 0 Å². The number of aromatic nitrogens is 2. The molecule has 2 unspecified atom stereocenters. The van der Waals surface area contributed by atoms with E-state index in [1.54, 1.807) is 0 Å². The predicted molar refractivity (Wildman–Crippen MR) is 73.6 cm³/mol. The second-order valence-corrected chi connectivity index (χ2v) is 6.00. The maximum absolute atomic E-state index is 4.78. The van der Waals surface area contributed by atoms with Crippen molar-refractivity contribution in [1.82, 2.24) is 14.5 Å². The van der Waals surface area contributed by atoms with Gasteiger partial charge in [-0.25, -0.2) is 4.98 Å². The number of nitrogens with zero attached hydrogens (tertiary/aromatic N) is 3. The second-order valence-electron chi connectivity index (χ2n) is 6.00. The first-order valence-electron chi connectivity index (χ1n) is 7.58. The summed E-state index contributed by atoms with van der Waals surface area (Å²) in [6.07, 6.45) is 8.67. The van der Waals surface area contributed by atoms with Crippen LogP contribution in [0.4, 0.5) is 0 Å². The summed E-state index contributed by atoms with van der Waals surface area (Å²) in [5, 5.41) is 0. The van der Waals surface area contributed by atoms with Gasteiger partial charge >= 0.3 is 0 Å². The van der Waals surface area contributed by atoms with E-state index in [4.69, 9.17) is 4.98 Å². The predicted octanol–water partition coefficient (Wildman–Crippen LogP) is 3.01. The first kappa shape index (κ1) is 12.2. The maximum atomic E-state index is 4.78. The van der Waals surface area contributed by atoms with Crippen molar-refractivity contribution < 1.29 is 0 Å². The fourth-order valence-corrected chi connectivity index (χ4v) is 3.58. The Balaban J connectivity index is 1.87. The van der Waals surface area contributed by atoms with Gasteiger partial charge in [-0.1, -0.05) is 20.3 Å². The fourth-order valence-electron chi connectivity index (χ4n) is 3.58. The Bertz CT molecular complexity index is 410. The molecule has 2 aliphatic rings. The van der Waals surface area contributed by atoms with Gasteiger partial charge in [-0.15, -0.1) is 0 Å². The van der Waals surface area contributed by atoms with Gasteiger partial charge in [-0.3, -0.25) is 4.90 Å². The minimum absolute atomic E-state index is 0.575. The lowest BCUT2D eigenvalue weighted by Gasteiger charge is -2.35. The van der Waals surface area contributed by atoms with Crippen LogP contribution < -0.4 is 0 Å². The number of rotatable bonds is 2. The van der Waals surface area contributed by atoms with Gasteiger partial charge in [0.25, 0.3) is 0 Å². The lowest BCUT2D eigenvalue weighted by atomic mass is 9.97. The summed E-state index contributed by atoms with van der Waals surface area (Å²) in [5.74, 6) is 2.18. The first-order valence-corrected chi connectivity index (χ1v) is 7.58. The lowest BCUT2D eigenvalue weighted by molar-refractivity contribution is 0.145. The van der Waals surface area contributed by atoms with Crippen LogP contribution in [-0.2, 0) is 13.0 Å². The summed E-state index contributed by atoms with van der Waals surface area (Å²) < 4.78 is 2.51. The molecule has 100 valence electrons. The molecule has 0 radical (unpaired) electrons. The van der Waals surface area contributed by atoms with Crippen LogP contribution in [0.2, 0.25) is 0 Å². The van der Waals surface area contributed by atoms with Crippen molar-refractivity contribution >= 4 is 0 Å². The van der Waals surface area contributed by atoms with Crippen LogP contribution in [0.5, 0.6) is 0 Å². The number of piperidine rings is 1. The minimum Gasteiger partial charge on any atom is -0.331 e. The molecule has 0 spiro atoms. The van der Waals surface area contributed by atoms with Crippen molar-refractivity contribution in [3.05, 3.63) is 17.7 Å². The van der Waals surface area contributed by atoms with E-state index in [1.165, 1.54) is 56.7 Å². The van der Waals surface area contributed by atoms with Crippen molar-refractivity contribution in [2.45, 2.75) is 58.5 Å². The molecule has 0 aliphatic carbocycles. The molecule has 3 heteroatoms. The highest BCUT2D eigenvalue weighted by Gasteiger charge is 2.28. The van der Waals surface area contributed by atoms with E-state index in [2.05, 4.69) is 29.5 Å². The average molecular weight is 247 g/mol. The van der Waals surface area contributed by atoms with Crippen LogP contribution in [0.15, 0.2) is 6.20 Å². The summed E-state index contributed by atoms with van der Waals surface area (Å²) in [6.45, 7) is 8.22. The molecule has 1 fully saturated rings. The minimum atomic E-state index is 0.575. The molecule has 3 rings (SSSR count). The lowest BCUT2D eigenvalue weighted by Crippen LogP contribution is -2.35. The van der Waals surface area contributed by atoms with E-state index in [9.17, 15) is 0 Å². The van der Waals surface area contributed by atoms with E-state index < -0.39 is 0 Å². The molecule has 2 atom stereocenters. The molecule has 3 heterocycles. The number of fused-ring (bicyclic) bond motifs is 1. The van der Waals surface area contributed by atoms with Gasteiger partial charge in [-0.05, 0) is 44.7 Å². The highest BCUT2D eigenvalue weighted by atomic mass is 15.2. The third kappa shape index (κ3) is 2.09. The topological polar surface area (TPSA) is 21.1 Å². The smallest absolute Gasteiger partial charge is 0.126 e. The number of imidazole rings is 1. The highest BCUT2D eigenvalue weighted by Crippen LogP contribution is 2.32. The standard InChI is InChI=1S/C15H25N3/c1-3-17-8-5-4-6-14(17)15-16-11-13-10-12(2)7-9-18(13)15/h11-12,14H,3-10H2,1-2H3. The Kier molecular flexibility index (Phi) is 3.42. The van der Waals surface area contributed by atoms with Crippen LogP contribution in [-0.4, -0.2) is 27.5 Å². The summed E-state index contributed by atoms with van der Waals surface area (Å²) >= 11 is 0. The Morgan fingerprint density at radius 3 is 3.00 bits per heavy atom. The van der Waals surface area contributed by atoms with Crippen molar-refractivity contribution in [3.63, 3.8) is 0 Å². The van der Waals surface area contributed by atoms with Crippen LogP contribution in [0.25, 0.3) is 0 Å². The van der Waals surface area contributed by atoms with Gasteiger partial charge in [0.1, 0.15) is 5.82 Å². The van der Waals surface area contributed by atoms with Gasteiger partial charge in [-0.2, -0.15) is 0 Å². The second kappa shape index (κ2) is 5.04. The third-order valence-electron chi connectivity index (χ3n) is 4.69. The Morgan fingerprint density at radius 1 is 1.28 bits per heavy atom. The largest absolute Gasteiger partial charge is 0.331 e. The first-order chi connectivity index (χ1) is 8.79. The molecule has 18 heavy (non-hydrogen) atoms. The monoisotopic (exact) mass is 247 g/mol. The molecule has 1 aromatic heterocycles. The van der Waals surface area contributed by atoms with Crippen molar-refractivity contribution in [2.24, 2.45) is 5.92 Å². The van der Waals surface area contributed by atoms with Crippen LogP contribution in [0.1, 0.15) is 57.1 Å². The third-order valence-corrected chi connectivity index (χ3v) is 4.69. The normalized spacial score (nSPS) is 29.2. The highest BCUT2D eigenvalue weighted by molar-refractivity contribution is 5.12. The maximum Gasteiger partial charge on any atom is 0.126 e. The van der Waals surface area contributed by atoms with Crippen LogP contribution in [0, 0.1) is 5.92 Å². The molecule has 1 aromatic rings. The van der Waals surface area contributed by atoms with E-state index >= 15 is 0 Å². The molecule has 0 saturated carbocycles. The molecule has 0 N–H and O–H groups in total. The molecule has 0 aromatic carbocycles. The molecular formula is C15H25N3. The van der Waals surface area contributed by atoms with Gasteiger partial charge < -0.3 is 4.57 Å². The zero-order chi connectivity index (χ0) is 12.5. The van der Waals surface area contributed by atoms with E-state index in [1.807, 2.05) is 0 Å². The number of hydrogen-bond acceptors (Lipinski definition) is 2.